The van der Waals surface area contributed by atoms with Gasteiger partial charge in [-0.25, -0.2) is 4.98 Å². The van der Waals surface area contributed by atoms with Crippen molar-refractivity contribution < 1.29 is 0 Å². The molecule has 1 aliphatic heterocycles. The Labute approximate surface area is 124 Å². The molecule has 0 bridgehead atoms. The van der Waals surface area contributed by atoms with E-state index in [0.29, 0.717) is 0 Å². The molecule has 1 aromatic carbocycles. The zero-order chi connectivity index (χ0) is 12.7. The lowest BCUT2D eigenvalue weighted by Gasteiger charge is -2.32. The van der Waals surface area contributed by atoms with Crippen molar-refractivity contribution in [3.8, 4) is 0 Å². The fourth-order valence-electron chi connectivity index (χ4n) is 2.30. The van der Waals surface area contributed by atoms with Crippen LogP contribution >= 0.6 is 23.7 Å². The first-order valence-corrected chi connectivity index (χ1v) is 7.26. The molecule has 104 valence electrons. The summed E-state index contributed by atoms with van der Waals surface area (Å²) in [6.45, 7) is 8.78. The number of aromatic nitrogens is 1. The molecule has 0 atom stereocenters. The molecule has 0 spiro atoms. The van der Waals surface area contributed by atoms with Gasteiger partial charge in [-0.1, -0.05) is 11.3 Å². The molecule has 0 N–H and O–H groups in total. The molecular formula is C14H20ClN3S. The summed E-state index contributed by atoms with van der Waals surface area (Å²) in [6.07, 6.45) is 0. The van der Waals surface area contributed by atoms with Gasteiger partial charge in [0.1, 0.15) is 0 Å². The van der Waals surface area contributed by atoms with Crippen molar-refractivity contribution >= 4 is 39.1 Å². The molecule has 5 heteroatoms. The van der Waals surface area contributed by atoms with Gasteiger partial charge in [-0.3, -0.25) is 0 Å². The fourth-order valence-corrected chi connectivity index (χ4v) is 3.40. The second-order valence-electron chi connectivity index (χ2n) is 5.19. The summed E-state index contributed by atoms with van der Waals surface area (Å²) in [7, 11) is 2.18. The Kier molecular flexibility index (Phi) is 4.33. The molecule has 3 rings (SSSR count). The van der Waals surface area contributed by atoms with Gasteiger partial charge in [0.05, 0.1) is 10.2 Å². The molecule has 0 aliphatic carbocycles. The van der Waals surface area contributed by atoms with E-state index in [1.807, 2.05) is 11.3 Å². The van der Waals surface area contributed by atoms with Crippen LogP contribution in [0.25, 0.3) is 10.2 Å². The molecule has 1 aliphatic rings. The van der Waals surface area contributed by atoms with E-state index in [-0.39, 0.29) is 12.4 Å². The second kappa shape index (κ2) is 5.65. The molecule has 1 fully saturated rings. The maximum Gasteiger partial charge on any atom is 0.186 e. The van der Waals surface area contributed by atoms with Crippen LogP contribution < -0.4 is 4.90 Å². The first-order valence-electron chi connectivity index (χ1n) is 6.45. The number of hydrogen-bond donors (Lipinski definition) is 0. The second-order valence-corrected chi connectivity index (χ2v) is 6.20. The maximum absolute atomic E-state index is 4.79. The summed E-state index contributed by atoms with van der Waals surface area (Å²) in [5.41, 5.74) is 3.84. The maximum atomic E-state index is 4.79. The fraction of sp³-hybridized carbons (Fsp3) is 0.500. The van der Waals surface area contributed by atoms with Gasteiger partial charge in [-0.2, -0.15) is 0 Å². The van der Waals surface area contributed by atoms with Crippen molar-refractivity contribution in [1.29, 1.82) is 0 Å². The highest BCUT2D eigenvalue weighted by Gasteiger charge is 2.17. The van der Waals surface area contributed by atoms with Crippen molar-refractivity contribution in [2.45, 2.75) is 13.8 Å². The van der Waals surface area contributed by atoms with Crippen LogP contribution in [0.1, 0.15) is 11.1 Å². The van der Waals surface area contributed by atoms with Gasteiger partial charge in [0, 0.05) is 26.2 Å². The number of nitrogens with zero attached hydrogens (tertiary/aromatic N) is 3. The van der Waals surface area contributed by atoms with Crippen molar-refractivity contribution in [2.75, 3.05) is 38.1 Å². The van der Waals surface area contributed by atoms with Crippen LogP contribution in [-0.2, 0) is 0 Å². The number of piperazine rings is 1. The SMILES string of the molecule is Cc1cc2nc(N3CCN(C)CC3)sc2cc1C.Cl. The number of halogens is 1. The van der Waals surface area contributed by atoms with Gasteiger partial charge >= 0.3 is 0 Å². The van der Waals surface area contributed by atoms with Crippen LogP contribution in [0.4, 0.5) is 5.13 Å². The zero-order valence-electron chi connectivity index (χ0n) is 11.6. The van der Waals surface area contributed by atoms with Crippen molar-refractivity contribution in [3.05, 3.63) is 23.3 Å². The molecule has 1 saturated heterocycles. The van der Waals surface area contributed by atoms with Crippen LogP contribution in [0, 0.1) is 13.8 Å². The van der Waals surface area contributed by atoms with E-state index in [2.05, 4.69) is 42.8 Å². The largest absolute Gasteiger partial charge is 0.345 e. The molecular weight excluding hydrogens is 278 g/mol. The standard InChI is InChI=1S/C14H19N3S.ClH/c1-10-8-12-13(9-11(10)2)18-14(15-12)17-6-4-16(3)5-7-17;/h8-9H,4-7H2,1-3H3;1H. The number of aryl methyl sites for hydroxylation is 2. The lowest BCUT2D eigenvalue weighted by molar-refractivity contribution is 0.313. The lowest BCUT2D eigenvalue weighted by Crippen LogP contribution is -2.44. The number of likely N-dealkylation sites (N-methyl/N-ethyl adjacent to an activating group) is 1. The first kappa shape index (κ1) is 14.6. The Morgan fingerprint density at radius 3 is 2.37 bits per heavy atom. The Bertz CT molecular complexity index is 534. The minimum Gasteiger partial charge on any atom is -0.345 e. The van der Waals surface area contributed by atoms with E-state index in [1.165, 1.54) is 21.0 Å². The van der Waals surface area contributed by atoms with Crippen LogP contribution in [0.3, 0.4) is 0 Å². The average Bonchev–Trinajstić information content (AvgIpc) is 2.73. The highest BCUT2D eigenvalue weighted by Crippen LogP contribution is 2.31. The number of anilines is 1. The van der Waals surface area contributed by atoms with Gasteiger partial charge in [-0.15, -0.1) is 12.4 Å². The molecule has 2 aromatic rings. The Hall–Kier alpha value is -0.840. The topological polar surface area (TPSA) is 19.4 Å². The van der Waals surface area contributed by atoms with Crippen LogP contribution in [0.5, 0.6) is 0 Å². The van der Waals surface area contributed by atoms with E-state index in [4.69, 9.17) is 4.98 Å². The highest BCUT2D eigenvalue weighted by atomic mass is 35.5. The Balaban J connectivity index is 0.00000133. The van der Waals surface area contributed by atoms with E-state index in [1.54, 1.807) is 0 Å². The number of rotatable bonds is 1. The third-order valence-electron chi connectivity index (χ3n) is 3.77. The average molecular weight is 298 g/mol. The summed E-state index contributed by atoms with van der Waals surface area (Å²) in [6, 6.07) is 4.47. The van der Waals surface area contributed by atoms with Gasteiger partial charge in [0.15, 0.2) is 5.13 Å². The molecule has 0 amide bonds. The highest BCUT2D eigenvalue weighted by molar-refractivity contribution is 7.22. The zero-order valence-corrected chi connectivity index (χ0v) is 13.3. The van der Waals surface area contributed by atoms with Crippen molar-refractivity contribution in [2.24, 2.45) is 0 Å². The lowest BCUT2D eigenvalue weighted by atomic mass is 10.1. The van der Waals surface area contributed by atoms with E-state index in [9.17, 15) is 0 Å². The minimum absolute atomic E-state index is 0. The number of benzene rings is 1. The summed E-state index contributed by atoms with van der Waals surface area (Å²) in [5.74, 6) is 0. The van der Waals surface area contributed by atoms with E-state index in [0.717, 1.165) is 31.7 Å². The molecule has 2 heterocycles. The van der Waals surface area contributed by atoms with E-state index >= 15 is 0 Å². The van der Waals surface area contributed by atoms with Crippen LogP contribution in [-0.4, -0.2) is 43.1 Å². The molecule has 3 nitrogen and oxygen atoms in total. The third kappa shape index (κ3) is 2.86. The minimum atomic E-state index is 0. The van der Waals surface area contributed by atoms with Crippen LogP contribution in [0.2, 0.25) is 0 Å². The smallest absolute Gasteiger partial charge is 0.186 e. The first-order chi connectivity index (χ1) is 8.63. The van der Waals surface area contributed by atoms with Crippen molar-refractivity contribution in [3.63, 3.8) is 0 Å². The number of thiazole rings is 1. The summed E-state index contributed by atoms with van der Waals surface area (Å²) in [5, 5.41) is 1.18. The monoisotopic (exact) mass is 297 g/mol. The molecule has 0 radical (unpaired) electrons. The summed E-state index contributed by atoms with van der Waals surface area (Å²) >= 11 is 1.82. The quantitative estimate of drug-likeness (QED) is 0.806. The third-order valence-corrected chi connectivity index (χ3v) is 4.85. The van der Waals surface area contributed by atoms with Gasteiger partial charge in [0.2, 0.25) is 0 Å². The summed E-state index contributed by atoms with van der Waals surface area (Å²) < 4.78 is 1.31. The molecule has 1 aromatic heterocycles. The molecule has 0 saturated carbocycles. The number of hydrogen-bond acceptors (Lipinski definition) is 4. The predicted octanol–water partition coefficient (Wildman–Crippen LogP) is 3.09. The summed E-state index contributed by atoms with van der Waals surface area (Å²) in [4.78, 5) is 9.57. The van der Waals surface area contributed by atoms with Crippen molar-refractivity contribution in [1.82, 2.24) is 9.88 Å². The number of fused-ring (bicyclic) bond motifs is 1. The molecule has 0 unspecified atom stereocenters. The van der Waals surface area contributed by atoms with E-state index < -0.39 is 0 Å². The van der Waals surface area contributed by atoms with Gasteiger partial charge < -0.3 is 9.80 Å². The van der Waals surface area contributed by atoms with Gasteiger partial charge in [0.25, 0.3) is 0 Å². The Morgan fingerprint density at radius 2 is 1.68 bits per heavy atom. The Morgan fingerprint density at radius 1 is 1.05 bits per heavy atom. The normalized spacial score (nSPS) is 16.7. The predicted molar refractivity (Wildman–Crippen MR) is 86.1 cm³/mol. The van der Waals surface area contributed by atoms with Gasteiger partial charge in [-0.05, 0) is 44.2 Å². The van der Waals surface area contributed by atoms with Crippen LogP contribution in [0.15, 0.2) is 12.1 Å². The molecule has 19 heavy (non-hydrogen) atoms.